The van der Waals surface area contributed by atoms with Crippen molar-refractivity contribution < 1.29 is 0 Å². The van der Waals surface area contributed by atoms with Crippen LogP contribution in [-0.4, -0.2) is 46.1 Å². The fraction of sp³-hybridized carbons (Fsp3) is 1.00. The van der Waals surface area contributed by atoms with Crippen molar-refractivity contribution in [1.82, 2.24) is 9.80 Å². The van der Waals surface area contributed by atoms with Gasteiger partial charge in [-0.15, -0.1) is 0 Å². The third-order valence-electron chi connectivity index (χ3n) is 19.5. The van der Waals surface area contributed by atoms with Crippen LogP contribution in [0.25, 0.3) is 0 Å². The van der Waals surface area contributed by atoms with E-state index in [1.54, 1.807) is 141 Å². The van der Waals surface area contributed by atoms with Crippen LogP contribution in [0.3, 0.4) is 0 Å². The zero-order valence-corrected chi connectivity index (χ0v) is 32.8. The van der Waals surface area contributed by atoms with Gasteiger partial charge in [0.05, 0.1) is 0 Å². The van der Waals surface area contributed by atoms with E-state index in [-0.39, 0.29) is 0 Å². The maximum absolute atomic E-state index is 3.40. The van der Waals surface area contributed by atoms with Crippen molar-refractivity contribution in [3.8, 4) is 0 Å². The first-order chi connectivity index (χ1) is 24.8. The average molecular weight is 685 g/mol. The van der Waals surface area contributed by atoms with Gasteiger partial charge in [0, 0.05) is 36.3 Å². The largest absolute Gasteiger partial charge is 0.294 e. The van der Waals surface area contributed by atoms with E-state index in [0.717, 1.165) is 95.4 Å². The van der Waals surface area contributed by atoms with Gasteiger partial charge in [-0.1, -0.05) is 109 Å². The molecule has 0 bridgehead atoms. The minimum atomic E-state index is 0.948. The summed E-state index contributed by atoms with van der Waals surface area (Å²) in [6.07, 6.45) is 50.1. The lowest BCUT2D eigenvalue weighted by molar-refractivity contribution is 0.0176. The molecule has 2 saturated heterocycles. The summed E-state index contributed by atoms with van der Waals surface area (Å²) in [4.78, 5) is 6.68. The van der Waals surface area contributed by atoms with Gasteiger partial charge in [-0.2, -0.15) is 0 Å². The highest BCUT2D eigenvalue weighted by molar-refractivity contribution is 5.10. The van der Waals surface area contributed by atoms with Crippen LogP contribution < -0.4 is 0 Å². The SMILES string of the molecule is C1CCC(C2CCC3C(C2)C2CC(C4CCC5C(C4)C4CCCCC4N5C4CCCCC4)CCC2N3C2CCCC(C3CCCCC3)C2)CC1. The summed E-state index contributed by atoms with van der Waals surface area (Å²) in [7, 11) is 0. The van der Waals surface area contributed by atoms with Gasteiger partial charge in [0.1, 0.15) is 0 Å². The molecule has 10 rings (SSSR count). The normalized spacial score (nSPS) is 48.8. The Balaban J connectivity index is 0.867. The van der Waals surface area contributed by atoms with Crippen molar-refractivity contribution in [2.24, 2.45) is 59.2 Å². The van der Waals surface area contributed by atoms with Crippen LogP contribution in [0.2, 0.25) is 0 Å². The minimum absolute atomic E-state index is 0.948. The summed E-state index contributed by atoms with van der Waals surface area (Å²) < 4.78 is 0. The van der Waals surface area contributed by atoms with E-state index < -0.39 is 0 Å². The van der Waals surface area contributed by atoms with Crippen molar-refractivity contribution in [3.63, 3.8) is 0 Å². The van der Waals surface area contributed by atoms with Crippen LogP contribution in [0, 0.1) is 59.2 Å². The molecule has 13 atom stereocenters. The van der Waals surface area contributed by atoms with Crippen LogP contribution in [0.15, 0.2) is 0 Å². The maximum atomic E-state index is 3.40. The molecule has 8 saturated carbocycles. The first-order valence-electron chi connectivity index (χ1n) is 24.3. The van der Waals surface area contributed by atoms with Crippen LogP contribution in [0.1, 0.15) is 205 Å². The van der Waals surface area contributed by atoms with E-state index in [1.165, 1.54) is 64.2 Å². The van der Waals surface area contributed by atoms with E-state index in [1.807, 2.05) is 0 Å². The van der Waals surface area contributed by atoms with Crippen molar-refractivity contribution in [2.45, 2.75) is 242 Å². The molecule has 13 unspecified atom stereocenters. The Morgan fingerprint density at radius 3 is 1.18 bits per heavy atom. The van der Waals surface area contributed by atoms with E-state index in [0.29, 0.717) is 0 Å². The molecule has 2 nitrogen and oxygen atoms in total. The van der Waals surface area contributed by atoms with E-state index in [2.05, 4.69) is 9.80 Å². The van der Waals surface area contributed by atoms with Crippen molar-refractivity contribution in [3.05, 3.63) is 0 Å². The summed E-state index contributed by atoms with van der Waals surface area (Å²) in [6, 6.07) is 5.79. The van der Waals surface area contributed by atoms with Gasteiger partial charge >= 0.3 is 0 Å². The predicted octanol–water partition coefficient (Wildman–Crippen LogP) is 12.6. The summed E-state index contributed by atoms with van der Waals surface area (Å²) in [6.45, 7) is 0. The first-order valence-corrected chi connectivity index (χ1v) is 24.3. The predicted molar refractivity (Wildman–Crippen MR) is 209 cm³/mol. The number of hydrogen-bond acceptors (Lipinski definition) is 2. The smallest absolute Gasteiger partial charge is 0.0133 e. The maximum Gasteiger partial charge on any atom is 0.0133 e. The highest BCUT2D eigenvalue weighted by atomic mass is 15.3. The summed E-state index contributed by atoms with van der Waals surface area (Å²) in [5.74, 6) is 10.7. The molecule has 50 heavy (non-hydrogen) atoms. The molecule has 2 heterocycles. The van der Waals surface area contributed by atoms with Crippen molar-refractivity contribution in [1.29, 1.82) is 0 Å². The lowest BCUT2D eigenvalue weighted by Crippen LogP contribution is -2.50. The lowest BCUT2D eigenvalue weighted by atomic mass is 9.60. The van der Waals surface area contributed by atoms with Gasteiger partial charge in [0.2, 0.25) is 0 Å². The lowest BCUT2D eigenvalue weighted by Gasteiger charge is -2.48. The van der Waals surface area contributed by atoms with E-state index in [4.69, 9.17) is 0 Å². The molecule has 0 aromatic carbocycles. The van der Waals surface area contributed by atoms with Gasteiger partial charge in [0.25, 0.3) is 0 Å². The van der Waals surface area contributed by atoms with Gasteiger partial charge in [-0.25, -0.2) is 0 Å². The van der Waals surface area contributed by atoms with E-state index in [9.17, 15) is 0 Å². The summed E-state index contributed by atoms with van der Waals surface area (Å²) in [5.41, 5.74) is 0. The molecule has 0 aromatic rings. The molecule has 0 radical (unpaired) electrons. The molecule has 282 valence electrons. The number of rotatable bonds is 5. The monoisotopic (exact) mass is 685 g/mol. The van der Waals surface area contributed by atoms with Crippen LogP contribution in [0.4, 0.5) is 0 Å². The summed E-state index contributed by atoms with van der Waals surface area (Å²) in [5, 5.41) is 0. The molecule has 10 fully saturated rings. The Hall–Kier alpha value is -0.0800. The molecule has 8 aliphatic carbocycles. The molecule has 10 aliphatic rings. The van der Waals surface area contributed by atoms with Crippen LogP contribution in [0.5, 0.6) is 0 Å². The van der Waals surface area contributed by atoms with Gasteiger partial charge < -0.3 is 0 Å². The average Bonchev–Trinajstić information content (AvgIpc) is 3.71. The highest BCUT2D eigenvalue weighted by Crippen LogP contribution is 2.59. The molecule has 0 amide bonds. The minimum Gasteiger partial charge on any atom is -0.294 e. The van der Waals surface area contributed by atoms with Crippen LogP contribution >= 0.6 is 0 Å². The molecule has 0 aromatic heterocycles. The molecule has 2 heteroatoms. The fourth-order valence-electron chi connectivity index (χ4n) is 17.5. The molecule has 0 N–H and O–H groups in total. The molecule has 0 spiro atoms. The second kappa shape index (κ2) is 15.2. The number of nitrogens with zero attached hydrogens (tertiary/aromatic N) is 2. The number of fused-ring (bicyclic) bond motifs is 6. The third kappa shape index (κ3) is 6.45. The molecular formula is C48H80N2. The topological polar surface area (TPSA) is 6.48 Å². The standard InChI is InChI=1S/C48H80N2/c1-4-13-33(14-5-1)35-17-12-20-40(29-35)50-47-26-23-36(34-15-6-2-7-16-34)30-43(47)44-32-38(25-28-48(44)50)37-24-27-46-42(31-37)41-21-10-11-22-45(41)49(46)39-18-8-3-9-19-39/h33-48H,1-32H2. The van der Waals surface area contributed by atoms with E-state index >= 15 is 0 Å². The van der Waals surface area contributed by atoms with Crippen LogP contribution in [-0.2, 0) is 0 Å². The van der Waals surface area contributed by atoms with Crippen molar-refractivity contribution >= 4 is 0 Å². The Morgan fingerprint density at radius 2 is 0.600 bits per heavy atom. The van der Waals surface area contributed by atoms with Gasteiger partial charge in [-0.05, 0) is 155 Å². The number of hydrogen-bond donors (Lipinski definition) is 0. The Bertz CT molecular complexity index is 1100. The third-order valence-corrected chi connectivity index (χ3v) is 19.5. The Morgan fingerprint density at radius 1 is 0.220 bits per heavy atom. The zero-order chi connectivity index (χ0) is 33.0. The summed E-state index contributed by atoms with van der Waals surface area (Å²) >= 11 is 0. The Kier molecular flexibility index (Phi) is 10.5. The van der Waals surface area contributed by atoms with Gasteiger partial charge in [0.15, 0.2) is 0 Å². The fourth-order valence-corrected chi connectivity index (χ4v) is 17.5. The first kappa shape index (κ1) is 34.4. The molecule has 2 aliphatic heterocycles. The van der Waals surface area contributed by atoms with Crippen molar-refractivity contribution in [2.75, 3.05) is 0 Å². The molecular weight excluding hydrogens is 605 g/mol. The Labute approximate surface area is 309 Å². The second-order valence-corrected chi connectivity index (χ2v) is 21.5. The number of likely N-dealkylation sites (tertiary alicyclic amines) is 2. The van der Waals surface area contributed by atoms with Gasteiger partial charge in [-0.3, -0.25) is 9.80 Å². The highest BCUT2D eigenvalue weighted by Gasteiger charge is 2.58. The second-order valence-electron chi connectivity index (χ2n) is 21.5. The quantitative estimate of drug-likeness (QED) is 0.284. The zero-order valence-electron chi connectivity index (χ0n) is 32.8.